The molecule has 0 spiro atoms. The van der Waals surface area contributed by atoms with Gasteiger partial charge in [0.15, 0.2) is 0 Å². The summed E-state index contributed by atoms with van der Waals surface area (Å²) in [6, 6.07) is 0. The van der Waals surface area contributed by atoms with Crippen molar-refractivity contribution < 1.29 is 19.1 Å². The van der Waals surface area contributed by atoms with Gasteiger partial charge in [0.1, 0.15) is 6.10 Å². The van der Waals surface area contributed by atoms with E-state index in [9.17, 15) is 9.59 Å². The molecule has 1 atom stereocenters. The fraction of sp³-hybridized carbons (Fsp3) is 0.714. The number of methoxy groups -OCH3 is 1. The van der Waals surface area contributed by atoms with Crippen LogP contribution in [0.25, 0.3) is 0 Å². The Morgan fingerprint density at radius 1 is 1.17 bits per heavy atom. The van der Waals surface area contributed by atoms with Crippen molar-refractivity contribution >= 4 is 11.9 Å². The van der Waals surface area contributed by atoms with Crippen molar-refractivity contribution in [2.24, 2.45) is 0 Å². The monoisotopic (exact) mass is 256 g/mol. The number of carbonyl (C=O) groups is 2. The van der Waals surface area contributed by atoms with Crippen LogP contribution in [0.4, 0.5) is 0 Å². The molecule has 104 valence electrons. The van der Waals surface area contributed by atoms with Gasteiger partial charge in [0.2, 0.25) is 0 Å². The number of esters is 2. The lowest BCUT2D eigenvalue weighted by Crippen LogP contribution is -2.19. The second kappa shape index (κ2) is 9.68. The minimum absolute atomic E-state index is 0.0482. The lowest BCUT2D eigenvalue weighted by atomic mass is 10.1. The topological polar surface area (TPSA) is 52.6 Å². The lowest BCUT2D eigenvalue weighted by Gasteiger charge is -2.17. The van der Waals surface area contributed by atoms with Gasteiger partial charge in [-0.15, -0.1) is 0 Å². The van der Waals surface area contributed by atoms with Crippen molar-refractivity contribution in [2.45, 2.75) is 58.5 Å². The zero-order valence-corrected chi connectivity index (χ0v) is 11.7. The molecule has 0 aromatic rings. The molecule has 0 heterocycles. The van der Waals surface area contributed by atoms with Gasteiger partial charge in [-0.1, -0.05) is 39.7 Å². The third-order valence-corrected chi connectivity index (χ3v) is 2.62. The highest BCUT2D eigenvalue weighted by molar-refractivity contribution is 5.93. The molecule has 0 saturated heterocycles. The van der Waals surface area contributed by atoms with E-state index in [0.29, 0.717) is 0 Å². The highest BCUT2D eigenvalue weighted by atomic mass is 16.5. The van der Waals surface area contributed by atoms with E-state index in [2.05, 4.69) is 25.2 Å². The van der Waals surface area contributed by atoms with Crippen molar-refractivity contribution in [2.75, 3.05) is 7.11 Å². The minimum atomic E-state index is -0.562. The molecular formula is C14H24O4. The summed E-state index contributed by atoms with van der Waals surface area (Å²) in [5.74, 6) is -0.965. The second-order valence-electron chi connectivity index (χ2n) is 4.31. The van der Waals surface area contributed by atoms with Gasteiger partial charge in [-0.2, -0.15) is 0 Å². The molecule has 18 heavy (non-hydrogen) atoms. The highest BCUT2D eigenvalue weighted by Gasteiger charge is 2.17. The van der Waals surface area contributed by atoms with Gasteiger partial charge in [-0.25, -0.2) is 4.79 Å². The summed E-state index contributed by atoms with van der Waals surface area (Å²) >= 11 is 0. The third-order valence-electron chi connectivity index (χ3n) is 2.62. The molecule has 0 aliphatic heterocycles. The summed E-state index contributed by atoms with van der Waals surface area (Å²) in [5.41, 5.74) is 0.133. The molecule has 0 rings (SSSR count). The average molecular weight is 256 g/mol. The predicted molar refractivity (Wildman–Crippen MR) is 70.1 cm³/mol. The predicted octanol–water partition coefficient (Wildman–Crippen LogP) is 3.01. The van der Waals surface area contributed by atoms with Crippen LogP contribution in [0.1, 0.15) is 52.4 Å². The van der Waals surface area contributed by atoms with Gasteiger partial charge in [0.25, 0.3) is 0 Å². The summed E-state index contributed by atoms with van der Waals surface area (Å²) < 4.78 is 9.83. The van der Waals surface area contributed by atoms with Crippen LogP contribution in [-0.2, 0) is 19.1 Å². The van der Waals surface area contributed by atoms with Crippen LogP contribution in [-0.4, -0.2) is 25.2 Å². The van der Waals surface area contributed by atoms with E-state index in [1.165, 1.54) is 7.11 Å². The first-order valence-electron chi connectivity index (χ1n) is 6.50. The van der Waals surface area contributed by atoms with Gasteiger partial charge < -0.3 is 9.47 Å². The number of hydrogen-bond donors (Lipinski definition) is 0. The summed E-state index contributed by atoms with van der Waals surface area (Å²) in [6.45, 7) is 7.66. The van der Waals surface area contributed by atoms with Crippen LogP contribution in [0.15, 0.2) is 12.2 Å². The van der Waals surface area contributed by atoms with E-state index in [1.807, 2.05) is 0 Å². The Balaban J connectivity index is 4.15. The second-order valence-corrected chi connectivity index (χ2v) is 4.31. The molecule has 0 aliphatic carbocycles. The number of rotatable bonds is 9. The van der Waals surface area contributed by atoms with Crippen molar-refractivity contribution in [3.8, 4) is 0 Å². The van der Waals surface area contributed by atoms with E-state index >= 15 is 0 Å². The number of ether oxygens (including phenoxy) is 2. The molecule has 4 heteroatoms. The first-order chi connectivity index (χ1) is 8.54. The number of carbonyl (C=O) groups excluding carboxylic acids is 2. The fourth-order valence-corrected chi connectivity index (χ4v) is 1.63. The average Bonchev–Trinajstić information content (AvgIpc) is 2.34. The molecule has 0 aliphatic rings. The SMILES string of the molecule is C=C(CC(=O)OC(CCC)CCCC)C(=O)OC. The van der Waals surface area contributed by atoms with Crippen molar-refractivity contribution in [1.82, 2.24) is 0 Å². The Bertz CT molecular complexity index is 284. The van der Waals surface area contributed by atoms with E-state index in [1.54, 1.807) is 0 Å². The molecule has 0 aromatic carbocycles. The number of hydrogen-bond acceptors (Lipinski definition) is 4. The zero-order valence-electron chi connectivity index (χ0n) is 11.7. The maximum Gasteiger partial charge on any atom is 0.333 e. The Labute approximate surface area is 109 Å². The van der Waals surface area contributed by atoms with Gasteiger partial charge >= 0.3 is 11.9 Å². The van der Waals surface area contributed by atoms with Crippen molar-refractivity contribution in [3.63, 3.8) is 0 Å². The van der Waals surface area contributed by atoms with Crippen molar-refractivity contribution in [3.05, 3.63) is 12.2 Å². The van der Waals surface area contributed by atoms with E-state index in [-0.39, 0.29) is 18.1 Å². The molecule has 0 radical (unpaired) electrons. The van der Waals surface area contributed by atoms with Crippen molar-refractivity contribution in [1.29, 1.82) is 0 Å². The number of unbranched alkanes of at least 4 members (excludes halogenated alkanes) is 1. The van der Waals surface area contributed by atoms with Crippen LogP contribution in [0.5, 0.6) is 0 Å². The Morgan fingerprint density at radius 2 is 1.83 bits per heavy atom. The maximum absolute atomic E-state index is 11.6. The standard InChI is InChI=1S/C14H24O4/c1-5-7-9-12(8-6-2)18-13(15)10-11(3)14(16)17-4/h12H,3,5-10H2,1-2,4H3. The third kappa shape index (κ3) is 7.09. The molecular weight excluding hydrogens is 232 g/mol. The minimum Gasteiger partial charge on any atom is -0.466 e. The maximum atomic E-state index is 11.6. The van der Waals surface area contributed by atoms with Crippen LogP contribution in [0.3, 0.4) is 0 Å². The molecule has 0 aromatic heterocycles. The van der Waals surface area contributed by atoms with Crippen LogP contribution < -0.4 is 0 Å². The van der Waals surface area contributed by atoms with Crippen LogP contribution >= 0.6 is 0 Å². The molecule has 1 unspecified atom stereocenters. The molecule has 0 fully saturated rings. The quantitative estimate of drug-likeness (QED) is 0.470. The molecule has 0 saturated carbocycles. The van der Waals surface area contributed by atoms with E-state index in [4.69, 9.17) is 4.74 Å². The summed E-state index contributed by atoms with van der Waals surface area (Å²) in [4.78, 5) is 22.7. The Morgan fingerprint density at radius 3 is 2.33 bits per heavy atom. The van der Waals surface area contributed by atoms with Gasteiger partial charge in [-0.3, -0.25) is 4.79 Å². The van der Waals surface area contributed by atoms with E-state index in [0.717, 1.165) is 32.1 Å². The first kappa shape index (κ1) is 16.7. The van der Waals surface area contributed by atoms with Gasteiger partial charge in [-0.05, 0) is 12.8 Å². The zero-order chi connectivity index (χ0) is 14.0. The van der Waals surface area contributed by atoms with Crippen LogP contribution in [0, 0.1) is 0 Å². The summed E-state index contributed by atoms with van der Waals surface area (Å²) in [5, 5.41) is 0. The fourth-order valence-electron chi connectivity index (χ4n) is 1.63. The first-order valence-corrected chi connectivity index (χ1v) is 6.50. The Hall–Kier alpha value is -1.32. The van der Waals surface area contributed by atoms with Gasteiger partial charge in [0.05, 0.1) is 13.5 Å². The Kier molecular flexibility index (Phi) is 8.97. The molecule has 0 bridgehead atoms. The normalized spacial score (nSPS) is 11.7. The van der Waals surface area contributed by atoms with Crippen LogP contribution in [0.2, 0.25) is 0 Å². The molecule has 0 amide bonds. The summed E-state index contributed by atoms with van der Waals surface area (Å²) in [6.07, 6.45) is 4.67. The van der Waals surface area contributed by atoms with E-state index < -0.39 is 11.9 Å². The van der Waals surface area contributed by atoms with Gasteiger partial charge in [0, 0.05) is 5.57 Å². The lowest BCUT2D eigenvalue weighted by molar-refractivity contribution is -0.150. The largest absolute Gasteiger partial charge is 0.466 e. The smallest absolute Gasteiger partial charge is 0.333 e. The highest BCUT2D eigenvalue weighted by Crippen LogP contribution is 2.13. The molecule has 0 N–H and O–H groups in total. The summed E-state index contributed by atoms with van der Waals surface area (Å²) in [7, 11) is 1.26. The molecule has 4 nitrogen and oxygen atoms in total.